The number of ether oxygens (including phenoxy) is 1. The SMILES string of the molecule is CC(C)(C)OC(=O)N1CCC2CCC21. The molecule has 1 heterocycles. The fourth-order valence-electron chi connectivity index (χ4n) is 2.32. The summed E-state index contributed by atoms with van der Waals surface area (Å²) >= 11 is 0. The number of carbonyl (C=O) groups is 1. The molecule has 1 saturated carbocycles. The third-order valence-electron chi connectivity index (χ3n) is 3.15. The van der Waals surface area contributed by atoms with Crippen LogP contribution in [0.2, 0.25) is 0 Å². The van der Waals surface area contributed by atoms with E-state index in [0.717, 1.165) is 12.5 Å². The number of amides is 1. The molecule has 2 rings (SSSR count). The first-order valence-corrected chi connectivity index (χ1v) is 5.47. The van der Waals surface area contributed by atoms with Gasteiger partial charge in [-0.05, 0) is 46.0 Å². The molecule has 0 N–H and O–H groups in total. The second kappa shape index (κ2) is 3.14. The highest BCUT2D eigenvalue weighted by molar-refractivity contribution is 5.69. The topological polar surface area (TPSA) is 29.5 Å². The fourth-order valence-corrected chi connectivity index (χ4v) is 2.32. The molecule has 1 saturated heterocycles. The molecule has 80 valence electrons. The molecule has 2 aliphatic rings. The molecule has 0 radical (unpaired) electrons. The van der Waals surface area contributed by atoms with Crippen molar-refractivity contribution in [1.29, 1.82) is 0 Å². The molecule has 0 bridgehead atoms. The van der Waals surface area contributed by atoms with Gasteiger partial charge in [-0.1, -0.05) is 0 Å². The second-order valence-corrected chi connectivity index (χ2v) is 5.37. The van der Waals surface area contributed by atoms with Crippen molar-refractivity contribution in [1.82, 2.24) is 4.90 Å². The zero-order valence-corrected chi connectivity index (χ0v) is 9.25. The predicted molar refractivity (Wildman–Crippen MR) is 54.1 cm³/mol. The van der Waals surface area contributed by atoms with Crippen LogP contribution in [0.1, 0.15) is 40.0 Å². The van der Waals surface area contributed by atoms with Crippen LogP contribution in [0.15, 0.2) is 0 Å². The molecule has 1 aliphatic heterocycles. The van der Waals surface area contributed by atoms with E-state index in [1.807, 2.05) is 25.7 Å². The molecule has 3 heteroatoms. The quantitative estimate of drug-likeness (QED) is 0.597. The van der Waals surface area contributed by atoms with Crippen LogP contribution in [0, 0.1) is 5.92 Å². The average molecular weight is 197 g/mol. The third-order valence-corrected chi connectivity index (χ3v) is 3.15. The van der Waals surface area contributed by atoms with E-state index < -0.39 is 0 Å². The van der Waals surface area contributed by atoms with Crippen molar-refractivity contribution in [3.05, 3.63) is 0 Å². The minimum atomic E-state index is -0.362. The van der Waals surface area contributed by atoms with Gasteiger partial charge in [0.15, 0.2) is 0 Å². The zero-order valence-electron chi connectivity index (χ0n) is 9.25. The first kappa shape index (κ1) is 9.81. The van der Waals surface area contributed by atoms with Gasteiger partial charge < -0.3 is 9.64 Å². The minimum absolute atomic E-state index is 0.121. The highest BCUT2D eigenvalue weighted by Gasteiger charge is 2.44. The van der Waals surface area contributed by atoms with Crippen molar-refractivity contribution < 1.29 is 9.53 Å². The van der Waals surface area contributed by atoms with E-state index in [2.05, 4.69) is 0 Å². The third kappa shape index (κ3) is 1.72. The Morgan fingerprint density at radius 1 is 1.29 bits per heavy atom. The maximum Gasteiger partial charge on any atom is 0.410 e. The lowest BCUT2D eigenvalue weighted by Crippen LogP contribution is -2.45. The van der Waals surface area contributed by atoms with E-state index in [4.69, 9.17) is 4.74 Å². The van der Waals surface area contributed by atoms with Crippen LogP contribution in [0.25, 0.3) is 0 Å². The summed E-state index contributed by atoms with van der Waals surface area (Å²) in [6, 6.07) is 0.491. The first-order chi connectivity index (χ1) is 6.47. The van der Waals surface area contributed by atoms with Crippen molar-refractivity contribution in [3.8, 4) is 0 Å². The maximum absolute atomic E-state index is 11.8. The van der Waals surface area contributed by atoms with Crippen molar-refractivity contribution >= 4 is 6.09 Å². The zero-order chi connectivity index (χ0) is 10.3. The normalized spacial score (nSPS) is 30.9. The van der Waals surface area contributed by atoms with Gasteiger partial charge in [0.05, 0.1) is 0 Å². The molecule has 2 unspecified atom stereocenters. The van der Waals surface area contributed by atoms with E-state index in [9.17, 15) is 4.79 Å². The predicted octanol–water partition coefficient (Wildman–Crippen LogP) is 2.41. The van der Waals surface area contributed by atoms with Gasteiger partial charge >= 0.3 is 6.09 Å². The van der Waals surface area contributed by atoms with Gasteiger partial charge in [0, 0.05) is 12.6 Å². The number of likely N-dealkylation sites (tertiary alicyclic amines) is 1. The van der Waals surface area contributed by atoms with Crippen LogP contribution in [0.3, 0.4) is 0 Å². The van der Waals surface area contributed by atoms with Crippen molar-refractivity contribution in [2.24, 2.45) is 5.92 Å². The number of rotatable bonds is 0. The smallest absolute Gasteiger partial charge is 0.410 e. The maximum atomic E-state index is 11.8. The Hall–Kier alpha value is -0.730. The van der Waals surface area contributed by atoms with Crippen LogP contribution in [0.5, 0.6) is 0 Å². The number of hydrogen-bond acceptors (Lipinski definition) is 2. The van der Waals surface area contributed by atoms with Gasteiger partial charge in [-0.3, -0.25) is 0 Å². The van der Waals surface area contributed by atoms with E-state index in [-0.39, 0.29) is 11.7 Å². The summed E-state index contributed by atoms with van der Waals surface area (Å²) in [5, 5.41) is 0. The first-order valence-electron chi connectivity index (χ1n) is 5.47. The summed E-state index contributed by atoms with van der Waals surface area (Å²) < 4.78 is 5.36. The summed E-state index contributed by atoms with van der Waals surface area (Å²) in [6.45, 7) is 6.64. The average Bonchev–Trinajstić information content (AvgIpc) is 2.22. The Balaban J connectivity index is 1.92. The molecule has 0 aromatic rings. The minimum Gasteiger partial charge on any atom is -0.444 e. The second-order valence-electron chi connectivity index (χ2n) is 5.37. The fraction of sp³-hybridized carbons (Fsp3) is 0.909. The number of carbonyl (C=O) groups excluding carboxylic acids is 1. The summed E-state index contributed by atoms with van der Waals surface area (Å²) in [4.78, 5) is 13.7. The van der Waals surface area contributed by atoms with E-state index in [1.54, 1.807) is 0 Å². The molecule has 1 aliphatic carbocycles. The highest BCUT2D eigenvalue weighted by Crippen LogP contribution is 2.40. The number of hydrogen-bond donors (Lipinski definition) is 0. The molecular weight excluding hydrogens is 178 g/mol. The molecular formula is C11H19NO2. The molecule has 3 nitrogen and oxygen atoms in total. The standard InChI is InChI=1S/C11H19NO2/c1-11(2,3)14-10(13)12-7-6-8-4-5-9(8)12/h8-9H,4-7H2,1-3H3. The van der Waals surface area contributed by atoms with Crippen LogP contribution in [0.4, 0.5) is 4.79 Å². The van der Waals surface area contributed by atoms with Crippen LogP contribution in [-0.2, 0) is 4.74 Å². The highest BCUT2D eigenvalue weighted by atomic mass is 16.6. The molecule has 1 amide bonds. The monoisotopic (exact) mass is 197 g/mol. The summed E-state index contributed by atoms with van der Waals surface area (Å²) in [6.07, 6.45) is 3.52. The Bertz CT molecular complexity index is 244. The molecule has 2 fully saturated rings. The van der Waals surface area contributed by atoms with Crippen LogP contribution < -0.4 is 0 Å². The Morgan fingerprint density at radius 2 is 2.00 bits per heavy atom. The van der Waals surface area contributed by atoms with Crippen molar-refractivity contribution in [3.63, 3.8) is 0 Å². The van der Waals surface area contributed by atoms with E-state index in [1.165, 1.54) is 19.3 Å². The summed E-state index contributed by atoms with van der Waals surface area (Å²) in [5.74, 6) is 0.766. The Morgan fingerprint density at radius 3 is 2.43 bits per heavy atom. The Kier molecular flexibility index (Phi) is 2.20. The lowest BCUT2D eigenvalue weighted by atomic mass is 9.80. The largest absolute Gasteiger partial charge is 0.444 e. The lowest BCUT2D eigenvalue weighted by molar-refractivity contribution is 0.0134. The molecule has 2 atom stereocenters. The number of fused-ring (bicyclic) bond motifs is 1. The van der Waals surface area contributed by atoms with Crippen LogP contribution >= 0.6 is 0 Å². The molecule has 0 aromatic carbocycles. The van der Waals surface area contributed by atoms with E-state index in [0.29, 0.717) is 6.04 Å². The Labute approximate surface area is 85.4 Å². The number of nitrogens with zero attached hydrogens (tertiary/aromatic N) is 1. The van der Waals surface area contributed by atoms with Crippen LogP contribution in [-0.4, -0.2) is 29.2 Å². The lowest BCUT2D eigenvalue weighted by Gasteiger charge is -2.36. The van der Waals surface area contributed by atoms with Gasteiger partial charge in [-0.2, -0.15) is 0 Å². The van der Waals surface area contributed by atoms with Gasteiger partial charge in [0.25, 0.3) is 0 Å². The van der Waals surface area contributed by atoms with Gasteiger partial charge in [-0.15, -0.1) is 0 Å². The summed E-state index contributed by atoms with van der Waals surface area (Å²) in [7, 11) is 0. The molecule has 14 heavy (non-hydrogen) atoms. The summed E-state index contributed by atoms with van der Waals surface area (Å²) in [5.41, 5.74) is -0.362. The van der Waals surface area contributed by atoms with Crippen molar-refractivity contribution in [2.45, 2.75) is 51.7 Å². The van der Waals surface area contributed by atoms with E-state index >= 15 is 0 Å². The molecule has 0 spiro atoms. The van der Waals surface area contributed by atoms with Gasteiger partial charge in [0.2, 0.25) is 0 Å². The molecule has 0 aromatic heterocycles. The van der Waals surface area contributed by atoms with Gasteiger partial charge in [-0.25, -0.2) is 4.79 Å². The van der Waals surface area contributed by atoms with Crippen molar-refractivity contribution in [2.75, 3.05) is 6.54 Å². The van der Waals surface area contributed by atoms with Gasteiger partial charge in [0.1, 0.15) is 5.60 Å².